The van der Waals surface area contributed by atoms with Gasteiger partial charge in [-0.15, -0.1) is 0 Å². The van der Waals surface area contributed by atoms with Crippen LogP contribution in [0.1, 0.15) is 18.1 Å². The van der Waals surface area contributed by atoms with Crippen LogP contribution in [0.2, 0.25) is 0 Å². The van der Waals surface area contributed by atoms with Crippen LogP contribution in [-0.4, -0.2) is 19.1 Å². The Morgan fingerprint density at radius 3 is 2.74 bits per heavy atom. The maximum absolute atomic E-state index is 11.7. The molecule has 1 amide bonds. The molecule has 1 aliphatic heterocycles. The van der Waals surface area contributed by atoms with E-state index in [4.69, 9.17) is 9.47 Å². The van der Waals surface area contributed by atoms with Crippen LogP contribution in [-0.2, 0) is 17.9 Å². The van der Waals surface area contributed by atoms with Crippen molar-refractivity contribution >= 4 is 11.6 Å². The van der Waals surface area contributed by atoms with Crippen molar-refractivity contribution in [2.75, 3.05) is 12.4 Å². The lowest BCUT2D eigenvalue weighted by Gasteiger charge is -2.23. The van der Waals surface area contributed by atoms with Gasteiger partial charge in [0.05, 0.1) is 12.8 Å². The van der Waals surface area contributed by atoms with Gasteiger partial charge in [0.15, 0.2) is 6.10 Å². The number of carbonyl (C=O) groups excluding carboxylic acids is 1. The first kappa shape index (κ1) is 15.4. The number of amides is 1. The number of hydrogen-bond donors (Lipinski definition) is 2. The van der Waals surface area contributed by atoms with Gasteiger partial charge in [0.25, 0.3) is 5.91 Å². The van der Waals surface area contributed by atoms with Crippen molar-refractivity contribution in [1.29, 1.82) is 0 Å². The minimum absolute atomic E-state index is 0.112. The van der Waals surface area contributed by atoms with Crippen LogP contribution in [0, 0.1) is 0 Å². The van der Waals surface area contributed by atoms with Crippen LogP contribution in [0.5, 0.6) is 11.5 Å². The summed E-state index contributed by atoms with van der Waals surface area (Å²) < 4.78 is 10.8. The van der Waals surface area contributed by atoms with Gasteiger partial charge in [0, 0.05) is 13.1 Å². The van der Waals surface area contributed by atoms with Gasteiger partial charge in [-0.2, -0.15) is 0 Å². The Hall–Kier alpha value is -2.53. The molecule has 0 aliphatic carbocycles. The molecule has 2 aromatic rings. The summed E-state index contributed by atoms with van der Waals surface area (Å²) >= 11 is 0. The molecule has 1 heterocycles. The van der Waals surface area contributed by atoms with Crippen molar-refractivity contribution < 1.29 is 14.3 Å². The zero-order chi connectivity index (χ0) is 16.2. The van der Waals surface area contributed by atoms with Gasteiger partial charge in [-0.1, -0.05) is 18.2 Å². The molecule has 0 spiro atoms. The van der Waals surface area contributed by atoms with Crippen LogP contribution in [0.3, 0.4) is 0 Å². The lowest BCUT2D eigenvalue weighted by molar-refractivity contribution is -0.122. The van der Waals surface area contributed by atoms with Crippen molar-refractivity contribution in [3.05, 3.63) is 53.6 Å². The second-order valence-corrected chi connectivity index (χ2v) is 5.53. The van der Waals surface area contributed by atoms with Crippen molar-refractivity contribution in [3.63, 3.8) is 0 Å². The van der Waals surface area contributed by atoms with E-state index >= 15 is 0 Å². The van der Waals surface area contributed by atoms with Crippen LogP contribution in [0.15, 0.2) is 42.5 Å². The fourth-order valence-corrected chi connectivity index (χ4v) is 2.50. The van der Waals surface area contributed by atoms with Crippen LogP contribution >= 0.6 is 0 Å². The zero-order valence-electron chi connectivity index (χ0n) is 13.3. The van der Waals surface area contributed by atoms with E-state index < -0.39 is 6.10 Å². The highest BCUT2D eigenvalue weighted by Gasteiger charge is 2.23. The molecule has 0 bridgehead atoms. The molecule has 5 heteroatoms. The third-order valence-corrected chi connectivity index (χ3v) is 3.77. The highest BCUT2D eigenvalue weighted by atomic mass is 16.5. The van der Waals surface area contributed by atoms with Gasteiger partial charge in [0.1, 0.15) is 11.5 Å². The molecular formula is C18H20N2O3. The summed E-state index contributed by atoms with van der Waals surface area (Å²) in [6, 6.07) is 13.8. The highest BCUT2D eigenvalue weighted by Crippen LogP contribution is 2.30. The van der Waals surface area contributed by atoms with Gasteiger partial charge in [0.2, 0.25) is 0 Å². The Morgan fingerprint density at radius 1 is 1.17 bits per heavy atom. The first-order valence-electron chi connectivity index (χ1n) is 7.60. The van der Waals surface area contributed by atoms with Gasteiger partial charge < -0.3 is 20.1 Å². The number of rotatable bonds is 5. The SMILES string of the molecule is COc1cccc(CNCc2ccc3c(c2)NC(=O)C(C)O3)c1. The van der Waals surface area contributed by atoms with Crippen molar-refractivity contribution in [2.45, 2.75) is 26.1 Å². The summed E-state index contributed by atoms with van der Waals surface area (Å²) in [6.45, 7) is 3.19. The van der Waals surface area contributed by atoms with E-state index in [9.17, 15) is 4.79 Å². The van der Waals surface area contributed by atoms with E-state index in [-0.39, 0.29) is 5.91 Å². The quantitative estimate of drug-likeness (QED) is 0.891. The largest absolute Gasteiger partial charge is 0.497 e. The Bertz CT molecular complexity index is 715. The van der Waals surface area contributed by atoms with Crippen LogP contribution in [0.25, 0.3) is 0 Å². The highest BCUT2D eigenvalue weighted by molar-refractivity contribution is 5.97. The fraction of sp³-hybridized carbons (Fsp3) is 0.278. The van der Waals surface area contributed by atoms with Gasteiger partial charge in [-0.25, -0.2) is 0 Å². The number of ether oxygens (including phenoxy) is 2. The molecule has 1 unspecified atom stereocenters. The van der Waals surface area contributed by atoms with E-state index in [0.29, 0.717) is 12.3 Å². The average molecular weight is 312 g/mol. The number of benzene rings is 2. The molecule has 0 radical (unpaired) electrons. The second kappa shape index (κ2) is 6.71. The van der Waals surface area contributed by atoms with Crippen molar-refractivity contribution in [1.82, 2.24) is 5.32 Å². The summed E-state index contributed by atoms with van der Waals surface area (Å²) in [5.74, 6) is 1.46. The molecule has 1 atom stereocenters. The maximum Gasteiger partial charge on any atom is 0.265 e. The minimum Gasteiger partial charge on any atom is -0.497 e. The minimum atomic E-state index is -0.445. The topological polar surface area (TPSA) is 59.6 Å². The van der Waals surface area contributed by atoms with E-state index in [2.05, 4.69) is 16.7 Å². The Labute approximate surface area is 135 Å². The predicted molar refractivity (Wildman–Crippen MR) is 88.7 cm³/mol. The number of hydrogen-bond acceptors (Lipinski definition) is 4. The molecule has 120 valence electrons. The molecule has 0 saturated carbocycles. The summed E-state index contributed by atoms with van der Waals surface area (Å²) in [6.07, 6.45) is -0.445. The number of fused-ring (bicyclic) bond motifs is 1. The maximum atomic E-state index is 11.7. The molecular weight excluding hydrogens is 292 g/mol. The van der Waals surface area contributed by atoms with Crippen molar-refractivity contribution in [3.8, 4) is 11.5 Å². The molecule has 2 N–H and O–H groups in total. The number of nitrogens with one attached hydrogen (secondary N) is 2. The van der Waals surface area contributed by atoms with Crippen LogP contribution in [0.4, 0.5) is 5.69 Å². The lowest BCUT2D eigenvalue weighted by Crippen LogP contribution is -2.34. The third kappa shape index (κ3) is 3.63. The summed E-state index contributed by atoms with van der Waals surface area (Å²) in [7, 11) is 1.66. The smallest absolute Gasteiger partial charge is 0.265 e. The fourth-order valence-electron chi connectivity index (χ4n) is 2.50. The lowest BCUT2D eigenvalue weighted by atomic mass is 10.1. The first-order chi connectivity index (χ1) is 11.2. The molecule has 0 fully saturated rings. The molecule has 23 heavy (non-hydrogen) atoms. The molecule has 3 rings (SSSR count). The number of anilines is 1. The Morgan fingerprint density at radius 2 is 1.96 bits per heavy atom. The monoisotopic (exact) mass is 312 g/mol. The zero-order valence-corrected chi connectivity index (χ0v) is 13.3. The van der Waals surface area contributed by atoms with E-state index in [1.807, 2.05) is 36.4 Å². The van der Waals surface area contributed by atoms with Gasteiger partial charge in [-0.05, 0) is 42.3 Å². The standard InChI is InChI=1S/C18H20N2O3/c1-12-18(21)20-16-9-14(6-7-17(16)23-12)11-19-10-13-4-3-5-15(8-13)22-2/h3-9,12,19H,10-11H2,1-2H3,(H,20,21). The van der Waals surface area contributed by atoms with Gasteiger partial charge >= 0.3 is 0 Å². The molecule has 0 saturated heterocycles. The van der Waals surface area contributed by atoms with Gasteiger partial charge in [-0.3, -0.25) is 4.79 Å². The molecule has 5 nitrogen and oxygen atoms in total. The van der Waals surface area contributed by atoms with E-state index in [1.54, 1.807) is 14.0 Å². The molecule has 1 aliphatic rings. The van der Waals surface area contributed by atoms with Crippen molar-refractivity contribution in [2.24, 2.45) is 0 Å². The summed E-state index contributed by atoms with van der Waals surface area (Å²) in [5, 5.41) is 6.25. The molecule has 2 aromatic carbocycles. The predicted octanol–water partition coefficient (Wildman–Crippen LogP) is 2.70. The van der Waals surface area contributed by atoms with Crippen LogP contribution < -0.4 is 20.1 Å². The number of methoxy groups -OCH3 is 1. The summed E-state index contributed by atoms with van der Waals surface area (Å²) in [5.41, 5.74) is 2.98. The van der Waals surface area contributed by atoms with E-state index in [1.165, 1.54) is 0 Å². The molecule has 0 aromatic heterocycles. The second-order valence-electron chi connectivity index (χ2n) is 5.53. The average Bonchev–Trinajstić information content (AvgIpc) is 2.56. The number of carbonyl (C=O) groups is 1. The normalized spacial score (nSPS) is 16.3. The Balaban J connectivity index is 1.60. The third-order valence-electron chi connectivity index (χ3n) is 3.77. The first-order valence-corrected chi connectivity index (χ1v) is 7.60. The summed E-state index contributed by atoms with van der Waals surface area (Å²) in [4.78, 5) is 11.7. The Kier molecular flexibility index (Phi) is 4.48. The van der Waals surface area contributed by atoms with E-state index in [0.717, 1.165) is 29.1 Å².